The van der Waals surface area contributed by atoms with E-state index in [-0.39, 0.29) is 0 Å². The van der Waals surface area contributed by atoms with Crippen LogP contribution in [0.4, 0.5) is 0 Å². The van der Waals surface area contributed by atoms with Crippen molar-refractivity contribution in [3.63, 3.8) is 0 Å². The van der Waals surface area contributed by atoms with Crippen LogP contribution in [-0.4, -0.2) is 14.2 Å². The zero-order valence-corrected chi connectivity index (χ0v) is 11.7. The van der Waals surface area contributed by atoms with Gasteiger partial charge in [0, 0.05) is 6.07 Å². The first-order chi connectivity index (χ1) is 9.81. The largest absolute Gasteiger partial charge is 0.497 e. The third kappa shape index (κ3) is 4.02. The minimum Gasteiger partial charge on any atom is -0.497 e. The third-order valence-electron chi connectivity index (χ3n) is 2.86. The number of benzene rings is 2. The predicted molar refractivity (Wildman–Crippen MR) is 84.1 cm³/mol. The van der Waals surface area contributed by atoms with E-state index < -0.39 is 0 Å². The summed E-state index contributed by atoms with van der Waals surface area (Å²) in [4.78, 5) is 0. The number of ether oxygens (including phenoxy) is 2. The van der Waals surface area contributed by atoms with Gasteiger partial charge in [0.15, 0.2) is 0 Å². The molecule has 0 saturated heterocycles. The Kier molecular flexibility index (Phi) is 5.01. The van der Waals surface area contributed by atoms with Crippen molar-refractivity contribution < 1.29 is 9.47 Å². The normalized spacial score (nSPS) is 11.1. The summed E-state index contributed by atoms with van der Waals surface area (Å²) in [5, 5.41) is 0. The van der Waals surface area contributed by atoms with Crippen LogP contribution < -0.4 is 9.47 Å². The van der Waals surface area contributed by atoms with Gasteiger partial charge >= 0.3 is 0 Å². The summed E-state index contributed by atoms with van der Waals surface area (Å²) >= 11 is 0. The molecule has 2 aromatic rings. The summed E-state index contributed by atoms with van der Waals surface area (Å²) in [5.41, 5.74) is 2.22. The van der Waals surface area contributed by atoms with Gasteiger partial charge in [-0.15, -0.1) is 0 Å². The predicted octanol–water partition coefficient (Wildman–Crippen LogP) is 4.43. The maximum Gasteiger partial charge on any atom is 0.123 e. The van der Waals surface area contributed by atoms with Gasteiger partial charge in [-0.25, -0.2) is 0 Å². The molecule has 0 aliphatic heterocycles. The second kappa shape index (κ2) is 7.19. The number of hydrogen-bond acceptors (Lipinski definition) is 2. The summed E-state index contributed by atoms with van der Waals surface area (Å²) in [5.74, 6) is 1.58. The van der Waals surface area contributed by atoms with Crippen LogP contribution in [0.5, 0.6) is 11.5 Å². The van der Waals surface area contributed by atoms with E-state index in [1.807, 2.05) is 54.6 Å². The average molecular weight is 266 g/mol. The number of methoxy groups -OCH3 is 2. The lowest BCUT2D eigenvalue weighted by molar-refractivity contribution is 0.394. The molecular formula is C18H18O2. The van der Waals surface area contributed by atoms with E-state index in [0.717, 1.165) is 17.1 Å². The van der Waals surface area contributed by atoms with Crippen molar-refractivity contribution >= 4 is 12.2 Å². The molecular weight excluding hydrogens is 248 g/mol. The Morgan fingerprint density at radius 2 is 1.25 bits per heavy atom. The van der Waals surface area contributed by atoms with E-state index >= 15 is 0 Å². The van der Waals surface area contributed by atoms with Crippen molar-refractivity contribution in [2.75, 3.05) is 14.2 Å². The SMILES string of the molecule is COc1cc(/C=C/C=C/c2ccccc2)cc(OC)c1. The molecule has 0 unspecified atom stereocenters. The molecule has 0 fully saturated rings. The van der Waals surface area contributed by atoms with Crippen molar-refractivity contribution in [3.05, 3.63) is 71.8 Å². The summed E-state index contributed by atoms with van der Waals surface area (Å²) < 4.78 is 10.5. The molecule has 0 aromatic heterocycles. The van der Waals surface area contributed by atoms with Crippen molar-refractivity contribution in [1.29, 1.82) is 0 Å². The van der Waals surface area contributed by atoms with Crippen molar-refractivity contribution in [2.45, 2.75) is 0 Å². The van der Waals surface area contributed by atoms with E-state index in [1.54, 1.807) is 14.2 Å². The number of rotatable bonds is 5. The highest BCUT2D eigenvalue weighted by molar-refractivity contribution is 5.59. The third-order valence-corrected chi connectivity index (χ3v) is 2.86. The molecule has 2 nitrogen and oxygen atoms in total. The molecule has 0 radical (unpaired) electrons. The Bertz CT molecular complexity index is 576. The fraction of sp³-hybridized carbons (Fsp3) is 0.111. The highest BCUT2D eigenvalue weighted by Gasteiger charge is 1.98. The van der Waals surface area contributed by atoms with Gasteiger partial charge in [-0.2, -0.15) is 0 Å². The molecule has 0 saturated carbocycles. The minimum atomic E-state index is 0.788. The van der Waals surface area contributed by atoms with Gasteiger partial charge in [-0.3, -0.25) is 0 Å². The molecule has 20 heavy (non-hydrogen) atoms. The Balaban J connectivity index is 2.09. The van der Waals surface area contributed by atoms with E-state index in [4.69, 9.17) is 9.47 Å². The standard InChI is InChI=1S/C18H18O2/c1-19-17-12-16(13-18(14-17)20-2)11-7-6-10-15-8-4-3-5-9-15/h3-14H,1-2H3/b10-6+,11-7+. The molecule has 2 rings (SSSR count). The molecule has 0 atom stereocenters. The first kappa shape index (κ1) is 13.9. The average Bonchev–Trinajstić information content (AvgIpc) is 2.52. The zero-order valence-electron chi connectivity index (χ0n) is 11.7. The van der Waals surface area contributed by atoms with Crippen LogP contribution in [0.15, 0.2) is 60.7 Å². The quantitative estimate of drug-likeness (QED) is 0.745. The van der Waals surface area contributed by atoms with Gasteiger partial charge in [-0.1, -0.05) is 54.6 Å². The van der Waals surface area contributed by atoms with Crippen LogP contribution in [0.25, 0.3) is 12.2 Å². The second-order valence-corrected chi connectivity index (χ2v) is 4.27. The van der Waals surface area contributed by atoms with Crippen molar-refractivity contribution in [1.82, 2.24) is 0 Å². The summed E-state index contributed by atoms with van der Waals surface area (Å²) in [6.07, 6.45) is 8.10. The lowest BCUT2D eigenvalue weighted by Crippen LogP contribution is -1.87. The van der Waals surface area contributed by atoms with Crippen molar-refractivity contribution in [2.24, 2.45) is 0 Å². The molecule has 102 valence electrons. The molecule has 0 aliphatic carbocycles. The molecule has 2 heteroatoms. The Hall–Kier alpha value is -2.48. The zero-order chi connectivity index (χ0) is 14.2. The smallest absolute Gasteiger partial charge is 0.123 e. The molecule has 0 aliphatic rings. The van der Waals surface area contributed by atoms with Gasteiger partial charge in [0.25, 0.3) is 0 Å². The van der Waals surface area contributed by atoms with Crippen LogP contribution in [0, 0.1) is 0 Å². The summed E-state index contributed by atoms with van der Waals surface area (Å²) in [6.45, 7) is 0. The molecule has 2 aromatic carbocycles. The van der Waals surface area contributed by atoms with Crippen LogP contribution in [0.2, 0.25) is 0 Å². The highest BCUT2D eigenvalue weighted by atomic mass is 16.5. The Labute approximate surface area is 120 Å². The number of allylic oxidation sites excluding steroid dienone is 2. The maximum atomic E-state index is 5.24. The van der Waals surface area contributed by atoms with Gasteiger partial charge in [0.05, 0.1) is 14.2 Å². The topological polar surface area (TPSA) is 18.5 Å². The Morgan fingerprint density at radius 3 is 1.80 bits per heavy atom. The molecule has 0 spiro atoms. The van der Waals surface area contributed by atoms with E-state index in [9.17, 15) is 0 Å². The lowest BCUT2D eigenvalue weighted by Gasteiger charge is -2.05. The fourth-order valence-corrected chi connectivity index (χ4v) is 1.82. The van der Waals surface area contributed by atoms with Gasteiger partial charge in [-0.05, 0) is 23.3 Å². The fourth-order valence-electron chi connectivity index (χ4n) is 1.82. The summed E-state index contributed by atoms with van der Waals surface area (Å²) in [7, 11) is 3.30. The molecule has 0 heterocycles. The highest BCUT2D eigenvalue weighted by Crippen LogP contribution is 2.23. The molecule has 0 bridgehead atoms. The maximum absolute atomic E-state index is 5.24. The van der Waals surface area contributed by atoms with Crippen LogP contribution in [0.1, 0.15) is 11.1 Å². The monoisotopic (exact) mass is 266 g/mol. The van der Waals surface area contributed by atoms with Crippen LogP contribution in [-0.2, 0) is 0 Å². The molecule has 0 N–H and O–H groups in total. The lowest BCUT2D eigenvalue weighted by atomic mass is 10.1. The van der Waals surface area contributed by atoms with E-state index in [2.05, 4.69) is 18.2 Å². The second-order valence-electron chi connectivity index (χ2n) is 4.27. The Morgan fingerprint density at radius 1 is 0.700 bits per heavy atom. The first-order valence-electron chi connectivity index (χ1n) is 6.44. The minimum absolute atomic E-state index is 0.788. The van der Waals surface area contributed by atoms with Gasteiger partial charge in [0.2, 0.25) is 0 Å². The first-order valence-corrected chi connectivity index (χ1v) is 6.44. The van der Waals surface area contributed by atoms with Crippen LogP contribution >= 0.6 is 0 Å². The number of hydrogen-bond donors (Lipinski definition) is 0. The van der Waals surface area contributed by atoms with Crippen LogP contribution in [0.3, 0.4) is 0 Å². The van der Waals surface area contributed by atoms with E-state index in [1.165, 1.54) is 5.56 Å². The van der Waals surface area contributed by atoms with Crippen molar-refractivity contribution in [3.8, 4) is 11.5 Å². The molecule has 0 amide bonds. The van der Waals surface area contributed by atoms with Gasteiger partial charge in [0.1, 0.15) is 11.5 Å². The van der Waals surface area contributed by atoms with E-state index in [0.29, 0.717) is 0 Å². The summed E-state index contributed by atoms with van der Waals surface area (Å²) in [6, 6.07) is 16.0. The van der Waals surface area contributed by atoms with Gasteiger partial charge < -0.3 is 9.47 Å².